The average molecular weight is 329 g/mol. The van der Waals surface area contributed by atoms with E-state index in [1.807, 2.05) is 47.2 Å². The van der Waals surface area contributed by atoms with Gasteiger partial charge in [-0.1, -0.05) is 24.0 Å². The highest BCUT2D eigenvalue weighted by molar-refractivity contribution is 6.04. The molecule has 1 aromatic heterocycles. The summed E-state index contributed by atoms with van der Waals surface area (Å²) in [5.74, 6) is 5.72. The number of benzene rings is 2. The molecule has 0 aliphatic heterocycles. The molecular formula is C20H17N4O. The van der Waals surface area contributed by atoms with Crippen LogP contribution in [0.15, 0.2) is 67.3 Å². The molecule has 0 fully saturated rings. The predicted molar refractivity (Wildman–Crippen MR) is 97.9 cm³/mol. The molecule has 0 aliphatic carbocycles. The van der Waals surface area contributed by atoms with E-state index in [0.29, 0.717) is 17.7 Å². The maximum absolute atomic E-state index is 12.5. The molecule has 3 rings (SSSR count). The highest BCUT2D eigenvalue weighted by Crippen LogP contribution is 2.16. The van der Waals surface area contributed by atoms with Gasteiger partial charge in [-0.15, -0.1) is 0 Å². The van der Waals surface area contributed by atoms with E-state index in [2.05, 4.69) is 22.1 Å². The van der Waals surface area contributed by atoms with Crippen molar-refractivity contribution in [2.75, 3.05) is 5.32 Å². The largest absolute Gasteiger partial charge is 0.326 e. The molecule has 3 aromatic rings. The van der Waals surface area contributed by atoms with Crippen LogP contribution in [-0.4, -0.2) is 15.5 Å². The Morgan fingerprint density at radius 2 is 2.12 bits per heavy atom. The van der Waals surface area contributed by atoms with Crippen molar-refractivity contribution in [3.8, 4) is 17.5 Å². The highest BCUT2D eigenvalue weighted by atomic mass is 16.1. The monoisotopic (exact) mass is 329 g/mol. The van der Waals surface area contributed by atoms with Crippen LogP contribution >= 0.6 is 0 Å². The standard InChI is InChI=1S/C20H17N4O/c21-10-2-1-5-16-6-3-7-17(13-16)20(25)23-18-8-4-9-19(14-18)24-12-11-22-15-24/h3-4,6-15H,2,21H2,(H,23,25). The zero-order valence-electron chi connectivity index (χ0n) is 13.5. The van der Waals surface area contributed by atoms with E-state index in [4.69, 9.17) is 5.73 Å². The number of anilines is 1. The smallest absolute Gasteiger partial charge is 0.255 e. The van der Waals surface area contributed by atoms with Gasteiger partial charge in [0.25, 0.3) is 5.91 Å². The lowest BCUT2D eigenvalue weighted by Crippen LogP contribution is -2.12. The number of imidazole rings is 1. The molecule has 1 radical (unpaired) electrons. The van der Waals surface area contributed by atoms with E-state index in [1.54, 1.807) is 24.7 Å². The minimum absolute atomic E-state index is 0.184. The number of nitrogens with one attached hydrogen (secondary N) is 1. The molecule has 25 heavy (non-hydrogen) atoms. The Morgan fingerprint density at radius 1 is 1.24 bits per heavy atom. The predicted octanol–water partition coefficient (Wildman–Crippen LogP) is 2.99. The number of nitrogens with zero attached hydrogens (tertiary/aromatic N) is 2. The Labute approximate surface area is 146 Å². The molecule has 1 amide bonds. The molecular weight excluding hydrogens is 312 g/mol. The van der Waals surface area contributed by atoms with Gasteiger partial charge in [0.2, 0.25) is 0 Å². The summed E-state index contributed by atoms with van der Waals surface area (Å²) >= 11 is 0. The molecule has 0 saturated carbocycles. The Morgan fingerprint density at radius 3 is 2.92 bits per heavy atom. The van der Waals surface area contributed by atoms with Gasteiger partial charge in [0.15, 0.2) is 0 Å². The van der Waals surface area contributed by atoms with E-state index >= 15 is 0 Å². The van der Waals surface area contributed by atoms with Crippen molar-refractivity contribution in [3.63, 3.8) is 0 Å². The van der Waals surface area contributed by atoms with Gasteiger partial charge in [0, 0.05) is 47.9 Å². The first kappa shape index (κ1) is 16.5. The Hall–Kier alpha value is -3.36. The van der Waals surface area contributed by atoms with Crippen molar-refractivity contribution in [2.24, 2.45) is 5.73 Å². The second kappa shape index (κ2) is 7.95. The van der Waals surface area contributed by atoms with Crippen molar-refractivity contribution in [1.82, 2.24) is 9.55 Å². The van der Waals surface area contributed by atoms with Gasteiger partial charge < -0.3 is 15.6 Å². The fraction of sp³-hybridized carbons (Fsp3) is 0.0500. The summed E-state index contributed by atoms with van der Waals surface area (Å²) in [4.78, 5) is 16.5. The van der Waals surface area contributed by atoms with Gasteiger partial charge in [0.05, 0.1) is 6.33 Å². The van der Waals surface area contributed by atoms with Crippen LogP contribution in [0.3, 0.4) is 0 Å². The lowest BCUT2D eigenvalue weighted by atomic mass is 10.1. The number of hydrogen-bond acceptors (Lipinski definition) is 3. The molecule has 0 atom stereocenters. The van der Waals surface area contributed by atoms with Crippen LogP contribution in [0.4, 0.5) is 5.69 Å². The number of carbonyl (C=O) groups is 1. The minimum Gasteiger partial charge on any atom is -0.326 e. The molecule has 3 N–H and O–H groups in total. The maximum atomic E-state index is 12.5. The third-order valence-electron chi connectivity index (χ3n) is 3.48. The van der Waals surface area contributed by atoms with Crippen LogP contribution in [0.5, 0.6) is 0 Å². The van der Waals surface area contributed by atoms with Crippen LogP contribution in [-0.2, 0) is 0 Å². The first-order chi connectivity index (χ1) is 12.3. The maximum Gasteiger partial charge on any atom is 0.255 e. The third kappa shape index (κ3) is 4.34. The normalized spacial score (nSPS) is 9.96. The first-order valence-corrected chi connectivity index (χ1v) is 7.78. The average Bonchev–Trinajstić information content (AvgIpc) is 3.17. The van der Waals surface area contributed by atoms with E-state index in [1.165, 1.54) is 6.54 Å². The fourth-order valence-corrected chi connectivity index (χ4v) is 2.31. The summed E-state index contributed by atoms with van der Waals surface area (Å²) < 4.78 is 1.88. The Bertz CT molecular complexity index is 920. The zero-order chi connectivity index (χ0) is 17.5. The van der Waals surface area contributed by atoms with Crippen molar-refractivity contribution < 1.29 is 4.79 Å². The highest BCUT2D eigenvalue weighted by Gasteiger charge is 2.07. The van der Waals surface area contributed by atoms with Gasteiger partial charge in [-0.3, -0.25) is 4.79 Å². The molecule has 123 valence electrons. The lowest BCUT2D eigenvalue weighted by Gasteiger charge is -2.08. The molecule has 0 saturated heterocycles. The third-order valence-corrected chi connectivity index (χ3v) is 3.48. The number of hydrogen-bond donors (Lipinski definition) is 2. The van der Waals surface area contributed by atoms with Crippen LogP contribution in [0.1, 0.15) is 22.3 Å². The summed E-state index contributed by atoms with van der Waals surface area (Å²) in [7, 11) is 0. The number of amides is 1. The molecule has 0 aliphatic rings. The molecule has 0 spiro atoms. The number of carbonyl (C=O) groups excluding carboxylic acids is 1. The van der Waals surface area contributed by atoms with E-state index in [0.717, 1.165) is 11.3 Å². The van der Waals surface area contributed by atoms with Crippen LogP contribution in [0, 0.1) is 18.4 Å². The van der Waals surface area contributed by atoms with Crippen molar-refractivity contribution in [1.29, 1.82) is 0 Å². The summed E-state index contributed by atoms with van der Waals surface area (Å²) in [6, 6.07) is 14.8. The summed E-state index contributed by atoms with van der Waals surface area (Å²) in [6.45, 7) is 1.50. The quantitative estimate of drug-likeness (QED) is 0.723. The molecule has 0 unspecified atom stereocenters. The number of nitrogens with two attached hydrogens (primary N) is 1. The van der Waals surface area contributed by atoms with Crippen LogP contribution in [0.25, 0.3) is 5.69 Å². The van der Waals surface area contributed by atoms with Crippen LogP contribution in [0.2, 0.25) is 0 Å². The fourth-order valence-electron chi connectivity index (χ4n) is 2.31. The molecule has 5 heteroatoms. The number of rotatable bonds is 4. The molecule has 1 heterocycles. The van der Waals surface area contributed by atoms with Gasteiger partial charge in [-0.25, -0.2) is 4.98 Å². The van der Waals surface area contributed by atoms with E-state index in [9.17, 15) is 4.79 Å². The van der Waals surface area contributed by atoms with Crippen LogP contribution < -0.4 is 11.1 Å². The summed E-state index contributed by atoms with van der Waals surface area (Å²) in [5.41, 5.74) is 8.28. The van der Waals surface area contributed by atoms with Crippen molar-refractivity contribution >= 4 is 11.6 Å². The second-order valence-electron chi connectivity index (χ2n) is 5.30. The topological polar surface area (TPSA) is 72.9 Å². The zero-order valence-corrected chi connectivity index (χ0v) is 13.5. The molecule has 2 aromatic carbocycles. The van der Waals surface area contributed by atoms with Gasteiger partial charge in [-0.05, 0) is 36.4 Å². The summed E-state index contributed by atoms with van der Waals surface area (Å²) in [6.07, 6.45) is 5.78. The van der Waals surface area contributed by atoms with Gasteiger partial charge in [0.1, 0.15) is 0 Å². The number of aromatic nitrogens is 2. The molecule has 5 nitrogen and oxygen atoms in total. The Kier molecular flexibility index (Phi) is 5.25. The van der Waals surface area contributed by atoms with Gasteiger partial charge >= 0.3 is 0 Å². The van der Waals surface area contributed by atoms with Crippen molar-refractivity contribution in [3.05, 3.63) is 84.9 Å². The lowest BCUT2D eigenvalue weighted by molar-refractivity contribution is 0.102. The van der Waals surface area contributed by atoms with Gasteiger partial charge in [-0.2, -0.15) is 0 Å². The minimum atomic E-state index is -0.184. The molecule has 0 bridgehead atoms. The first-order valence-electron chi connectivity index (χ1n) is 7.78. The SMILES string of the molecule is N[CH]CC#Cc1cccc(C(=O)Nc2cccc(-n3ccnc3)c2)c1. The van der Waals surface area contributed by atoms with E-state index in [-0.39, 0.29) is 5.91 Å². The Balaban J connectivity index is 1.76. The van der Waals surface area contributed by atoms with Crippen molar-refractivity contribution in [2.45, 2.75) is 6.42 Å². The second-order valence-corrected chi connectivity index (χ2v) is 5.30. The van der Waals surface area contributed by atoms with E-state index < -0.39 is 0 Å². The summed E-state index contributed by atoms with van der Waals surface area (Å²) in [5, 5.41) is 2.91.